The molecule has 0 spiro atoms. The zero-order chi connectivity index (χ0) is 21.4. The predicted molar refractivity (Wildman–Crippen MR) is 107 cm³/mol. The number of aromatic nitrogens is 2. The molecular formula is C21H23F3N4O. The summed E-state index contributed by atoms with van der Waals surface area (Å²) in [5.41, 5.74) is 7.10. The molecule has 29 heavy (non-hydrogen) atoms. The Kier molecular flexibility index (Phi) is 5.40. The Bertz CT molecular complexity index is 1020. The summed E-state index contributed by atoms with van der Waals surface area (Å²) in [7, 11) is 0. The first kappa shape index (κ1) is 20.9. The third kappa shape index (κ3) is 4.95. The summed E-state index contributed by atoms with van der Waals surface area (Å²) in [4.78, 5) is 18.5. The predicted octanol–water partition coefficient (Wildman–Crippen LogP) is 4.95. The van der Waals surface area contributed by atoms with Crippen LogP contribution in [0.2, 0.25) is 0 Å². The normalized spacial score (nSPS) is 13.5. The topological polar surface area (TPSA) is 83.8 Å². The second-order valence-electron chi connectivity index (χ2n) is 8.24. The van der Waals surface area contributed by atoms with Crippen LogP contribution in [0.25, 0.3) is 22.2 Å². The van der Waals surface area contributed by atoms with Gasteiger partial charge in [-0.05, 0) is 47.2 Å². The van der Waals surface area contributed by atoms with E-state index < -0.39 is 17.9 Å². The lowest BCUT2D eigenvalue weighted by Gasteiger charge is -2.22. The molecule has 2 heterocycles. The molecule has 0 aliphatic heterocycles. The Morgan fingerprint density at radius 2 is 1.83 bits per heavy atom. The van der Waals surface area contributed by atoms with Crippen molar-refractivity contribution in [3.63, 3.8) is 0 Å². The highest BCUT2D eigenvalue weighted by molar-refractivity contribution is 5.96. The molecule has 3 aromatic rings. The van der Waals surface area contributed by atoms with Crippen LogP contribution in [0.15, 0.2) is 42.6 Å². The number of hydrogen-bond acceptors (Lipinski definition) is 3. The molecule has 2 aromatic heterocycles. The number of aromatic amines is 1. The second-order valence-corrected chi connectivity index (χ2v) is 8.24. The highest BCUT2D eigenvalue weighted by Gasteiger charge is 2.33. The monoisotopic (exact) mass is 404 g/mol. The Balaban J connectivity index is 1.82. The molecule has 8 heteroatoms. The van der Waals surface area contributed by atoms with Crippen molar-refractivity contribution in [2.45, 2.75) is 39.4 Å². The summed E-state index contributed by atoms with van der Waals surface area (Å²) in [6.07, 6.45) is -2.48. The van der Waals surface area contributed by atoms with E-state index in [-0.39, 0.29) is 17.0 Å². The van der Waals surface area contributed by atoms with E-state index in [9.17, 15) is 18.0 Å². The smallest absolute Gasteiger partial charge is 0.336 e. The van der Waals surface area contributed by atoms with Gasteiger partial charge in [-0.25, -0.2) is 4.98 Å². The first-order chi connectivity index (χ1) is 13.4. The molecule has 0 unspecified atom stereocenters. The number of rotatable bonds is 4. The number of anilines is 1. The Morgan fingerprint density at radius 3 is 2.41 bits per heavy atom. The number of alkyl halides is 3. The number of benzene rings is 1. The fourth-order valence-corrected chi connectivity index (χ4v) is 3.15. The standard InChI is InChI=1S/C21H23F3N4O/c1-20(2,3)11-16(25)19(29)27-13-6-4-12(5-7-13)14-8-9-26-18-15(14)10-17(28-18)21(22,23)24/h4-10,16H,11,25H2,1-3H3,(H,26,28)(H,27,29)/t16-/m1/s1. The number of hydrogen-bond donors (Lipinski definition) is 3. The van der Waals surface area contributed by atoms with Crippen molar-refractivity contribution in [3.8, 4) is 11.1 Å². The van der Waals surface area contributed by atoms with Crippen molar-refractivity contribution in [3.05, 3.63) is 48.3 Å². The molecule has 1 amide bonds. The van der Waals surface area contributed by atoms with Gasteiger partial charge < -0.3 is 16.0 Å². The van der Waals surface area contributed by atoms with Crippen LogP contribution in [0.5, 0.6) is 0 Å². The summed E-state index contributed by atoms with van der Waals surface area (Å²) in [6.45, 7) is 6.03. The number of amides is 1. The van der Waals surface area contributed by atoms with Crippen LogP contribution >= 0.6 is 0 Å². The number of halogens is 3. The zero-order valence-corrected chi connectivity index (χ0v) is 16.4. The highest BCUT2D eigenvalue weighted by atomic mass is 19.4. The molecule has 3 rings (SSSR count). The van der Waals surface area contributed by atoms with Gasteiger partial charge in [0.2, 0.25) is 5.91 Å². The van der Waals surface area contributed by atoms with Crippen LogP contribution in [0.3, 0.4) is 0 Å². The molecule has 0 radical (unpaired) electrons. The van der Waals surface area contributed by atoms with E-state index in [1.165, 1.54) is 6.20 Å². The minimum atomic E-state index is -4.47. The molecule has 1 atom stereocenters. The average Bonchev–Trinajstić information content (AvgIpc) is 3.05. The van der Waals surface area contributed by atoms with Crippen LogP contribution < -0.4 is 11.1 Å². The van der Waals surface area contributed by atoms with Gasteiger partial charge in [0.1, 0.15) is 11.3 Å². The third-order valence-electron chi connectivity index (χ3n) is 4.47. The van der Waals surface area contributed by atoms with Crippen molar-refractivity contribution in [1.82, 2.24) is 9.97 Å². The summed E-state index contributed by atoms with van der Waals surface area (Å²) in [5, 5.41) is 3.15. The number of pyridine rings is 1. The molecule has 5 nitrogen and oxygen atoms in total. The van der Waals surface area contributed by atoms with Crippen molar-refractivity contribution in [1.29, 1.82) is 0 Å². The number of H-pyrrole nitrogens is 1. The molecule has 0 aliphatic carbocycles. The Morgan fingerprint density at radius 1 is 1.17 bits per heavy atom. The van der Waals surface area contributed by atoms with Crippen molar-refractivity contribution < 1.29 is 18.0 Å². The minimum Gasteiger partial charge on any atom is -0.336 e. The molecule has 0 saturated carbocycles. The molecule has 1 aromatic carbocycles. The number of fused-ring (bicyclic) bond motifs is 1. The van der Waals surface area contributed by atoms with Crippen molar-refractivity contribution in [2.75, 3.05) is 5.32 Å². The van der Waals surface area contributed by atoms with E-state index in [0.717, 1.165) is 6.07 Å². The number of nitrogens with two attached hydrogens (primary N) is 1. The van der Waals surface area contributed by atoms with E-state index in [0.29, 0.717) is 28.6 Å². The summed E-state index contributed by atoms with van der Waals surface area (Å²) < 4.78 is 39.0. The van der Waals surface area contributed by atoms with Crippen LogP contribution in [-0.4, -0.2) is 21.9 Å². The average molecular weight is 404 g/mol. The maximum atomic E-state index is 13.0. The largest absolute Gasteiger partial charge is 0.431 e. The molecule has 4 N–H and O–H groups in total. The van der Waals surface area contributed by atoms with E-state index in [2.05, 4.69) is 15.3 Å². The van der Waals surface area contributed by atoms with Crippen molar-refractivity contribution >= 4 is 22.6 Å². The number of nitrogens with zero attached hydrogens (tertiary/aromatic N) is 1. The number of carbonyl (C=O) groups excluding carboxylic acids is 1. The molecule has 154 valence electrons. The first-order valence-corrected chi connectivity index (χ1v) is 9.16. The Hall–Kier alpha value is -2.87. The first-order valence-electron chi connectivity index (χ1n) is 9.16. The summed E-state index contributed by atoms with van der Waals surface area (Å²) in [5.74, 6) is -0.278. The summed E-state index contributed by atoms with van der Waals surface area (Å²) >= 11 is 0. The lowest BCUT2D eigenvalue weighted by molar-refractivity contribution is -0.140. The second kappa shape index (κ2) is 7.51. The van der Waals surface area contributed by atoms with Crippen LogP contribution in [0, 0.1) is 5.41 Å². The summed E-state index contributed by atoms with van der Waals surface area (Å²) in [6, 6.07) is 8.94. The fourth-order valence-electron chi connectivity index (χ4n) is 3.15. The van der Waals surface area contributed by atoms with Gasteiger partial charge in [0.15, 0.2) is 0 Å². The van der Waals surface area contributed by atoms with Gasteiger partial charge >= 0.3 is 6.18 Å². The highest BCUT2D eigenvalue weighted by Crippen LogP contribution is 2.34. The molecule has 0 bridgehead atoms. The molecular weight excluding hydrogens is 381 g/mol. The van der Waals surface area contributed by atoms with E-state index in [4.69, 9.17) is 5.73 Å². The van der Waals surface area contributed by atoms with Gasteiger partial charge in [-0.2, -0.15) is 13.2 Å². The van der Waals surface area contributed by atoms with E-state index in [1.807, 2.05) is 20.8 Å². The molecule has 0 aliphatic rings. The number of carbonyl (C=O) groups is 1. The van der Waals surface area contributed by atoms with Crippen LogP contribution in [0.4, 0.5) is 18.9 Å². The maximum absolute atomic E-state index is 13.0. The van der Waals surface area contributed by atoms with Gasteiger partial charge in [0.25, 0.3) is 0 Å². The zero-order valence-electron chi connectivity index (χ0n) is 16.4. The van der Waals surface area contributed by atoms with Gasteiger partial charge in [0, 0.05) is 17.3 Å². The Labute approximate surface area is 166 Å². The quantitative estimate of drug-likeness (QED) is 0.575. The van der Waals surface area contributed by atoms with Gasteiger partial charge in [0.05, 0.1) is 6.04 Å². The maximum Gasteiger partial charge on any atom is 0.431 e. The van der Waals surface area contributed by atoms with E-state index >= 15 is 0 Å². The SMILES string of the molecule is CC(C)(C)C[C@@H](N)C(=O)Nc1ccc(-c2ccnc3[nH]c(C(F)(F)F)cc23)cc1. The van der Waals surface area contributed by atoms with Crippen LogP contribution in [0.1, 0.15) is 32.9 Å². The van der Waals surface area contributed by atoms with Gasteiger partial charge in [-0.15, -0.1) is 0 Å². The van der Waals surface area contributed by atoms with Gasteiger partial charge in [-0.1, -0.05) is 32.9 Å². The minimum absolute atomic E-state index is 0.0703. The van der Waals surface area contributed by atoms with Gasteiger partial charge in [-0.3, -0.25) is 4.79 Å². The molecule has 0 fully saturated rings. The third-order valence-corrected chi connectivity index (χ3v) is 4.47. The number of nitrogens with one attached hydrogen (secondary N) is 2. The lowest BCUT2D eigenvalue weighted by Crippen LogP contribution is -2.38. The molecule has 0 saturated heterocycles. The van der Waals surface area contributed by atoms with Crippen molar-refractivity contribution in [2.24, 2.45) is 11.1 Å². The van der Waals surface area contributed by atoms with Crippen LogP contribution in [-0.2, 0) is 11.0 Å². The van der Waals surface area contributed by atoms with E-state index in [1.54, 1.807) is 30.3 Å². The fraction of sp³-hybridized carbons (Fsp3) is 0.333. The lowest BCUT2D eigenvalue weighted by atomic mass is 9.88.